The first-order chi connectivity index (χ1) is 41.6. The van der Waals surface area contributed by atoms with E-state index in [0.717, 1.165) is 148 Å². The molecule has 0 aromatic rings. The summed E-state index contributed by atoms with van der Waals surface area (Å²) in [6, 6.07) is 0. The minimum absolute atomic E-state index is 0.122. The summed E-state index contributed by atoms with van der Waals surface area (Å²) < 4.78 is 22.6. The molecule has 85 heavy (non-hydrogen) atoms. The van der Waals surface area contributed by atoms with Crippen LogP contribution in [-0.4, -0.2) is 82.3 Å². The molecule has 9 nitrogen and oxygen atoms in total. The van der Waals surface area contributed by atoms with Gasteiger partial charge in [0, 0.05) is 12.8 Å². The molecule has 9 heteroatoms. The van der Waals surface area contributed by atoms with Crippen LogP contribution in [0.15, 0.2) is 207 Å². The number of hydrogen-bond acceptors (Lipinski definition) is 8. The minimum Gasteiger partial charge on any atom is -0.545 e. The number of likely N-dealkylation sites (N-methyl/N-ethyl adjacent to an activating group) is 1. The van der Waals surface area contributed by atoms with Crippen LogP contribution in [-0.2, 0) is 33.3 Å². The van der Waals surface area contributed by atoms with Gasteiger partial charge in [0.2, 0.25) is 0 Å². The van der Waals surface area contributed by atoms with Gasteiger partial charge in [0.1, 0.15) is 13.2 Å². The predicted octanol–water partition coefficient (Wildman–Crippen LogP) is 18.7. The van der Waals surface area contributed by atoms with Crippen molar-refractivity contribution >= 4 is 17.9 Å². The molecule has 2 unspecified atom stereocenters. The van der Waals surface area contributed by atoms with E-state index in [1.165, 1.54) is 6.42 Å². The molecule has 0 amide bonds. The topological polar surface area (TPSA) is 111 Å². The zero-order valence-corrected chi connectivity index (χ0v) is 53.6. The number of carbonyl (C=O) groups is 3. The number of nitrogens with zero attached hydrogens (tertiary/aromatic N) is 1. The van der Waals surface area contributed by atoms with Gasteiger partial charge in [-0.2, -0.15) is 0 Å². The lowest BCUT2D eigenvalue weighted by atomic mass is 10.1. The Morgan fingerprint density at radius 2 is 0.659 bits per heavy atom. The molecule has 0 fully saturated rings. The molecule has 0 bridgehead atoms. The summed E-state index contributed by atoms with van der Waals surface area (Å²) in [6.45, 7) is 4.38. The van der Waals surface area contributed by atoms with Gasteiger partial charge < -0.3 is 33.3 Å². The van der Waals surface area contributed by atoms with Crippen molar-refractivity contribution in [1.82, 2.24) is 0 Å². The highest BCUT2D eigenvalue weighted by Crippen LogP contribution is 2.13. The second-order valence-electron chi connectivity index (χ2n) is 21.6. The number of esters is 2. The molecule has 0 aliphatic carbocycles. The third kappa shape index (κ3) is 65.3. The van der Waals surface area contributed by atoms with Crippen molar-refractivity contribution in [2.24, 2.45) is 0 Å². The third-order valence-corrected chi connectivity index (χ3v) is 12.5. The maximum absolute atomic E-state index is 12.9. The predicted molar refractivity (Wildman–Crippen MR) is 360 cm³/mol. The summed E-state index contributed by atoms with van der Waals surface area (Å²) in [5, 5.41) is 11.8. The molecular weight excluding hydrogens is 1050 g/mol. The number of carboxylic acids is 1. The van der Waals surface area contributed by atoms with Crippen molar-refractivity contribution in [3.63, 3.8) is 0 Å². The van der Waals surface area contributed by atoms with E-state index in [1.807, 2.05) is 33.3 Å². The molecule has 0 spiro atoms. The number of aliphatic carboxylic acids is 1. The zero-order chi connectivity index (χ0) is 61.9. The Labute approximate surface area is 518 Å². The molecule has 2 atom stereocenters. The highest BCUT2D eigenvalue weighted by atomic mass is 16.7. The molecule has 0 radical (unpaired) electrons. The molecule has 0 saturated heterocycles. The van der Waals surface area contributed by atoms with Crippen LogP contribution in [0.2, 0.25) is 0 Å². The van der Waals surface area contributed by atoms with Crippen LogP contribution >= 0.6 is 0 Å². The highest BCUT2D eigenvalue weighted by Gasteiger charge is 2.21. The van der Waals surface area contributed by atoms with Crippen LogP contribution in [0, 0.1) is 0 Å². The summed E-state index contributed by atoms with van der Waals surface area (Å²) in [4.78, 5) is 37.3. The smallest absolute Gasteiger partial charge is 0.306 e. The fourth-order valence-electron chi connectivity index (χ4n) is 7.68. The molecule has 0 heterocycles. The van der Waals surface area contributed by atoms with Gasteiger partial charge in [-0.15, -0.1) is 0 Å². The Morgan fingerprint density at radius 1 is 0.353 bits per heavy atom. The Balaban J connectivity index is 4.29. The Bertz CT molecular complexity index is 2140. The van der Waals surface area contributed by atoms with Crippen LogP contribution in [0.5, 0.6) is 0 Å². The van der Waals surface area contributed by atoms with Crippen LogP contribution in [0.3, 0.4) is 0 Å². The van der Waals surface area contributed by atoms with Crippen LogP contribution in [0.4, 0.5) is 0 Å². The molecule has 0 aromatic carbocycles. The monoisotopic (exact) mass is 1170 g/mol. The number of allylic oxidation sites excluding steroid dienone is 34. The molecule has 0 saturated carbocycles. The van der Waals surface area contributed by atoms with E-state index >= 15 is 0 Å². The second kappa shape index (κ2) is 63.9. The average molecular weight is 1170 g/mol. The summed E-state index contributed by atoms with van der Waals surface area (Å²) >= 11 is 0. The number of quaternary nitrogens is 1. The Morgan fingerprint density at radius 3 is 0.988 bits per heavy atom. The highest BCUT2D eigenvalue weighted by molar-refractivity contribution is 5.70. The zero-order valence-electron chi connectivity index (χ0n) is 53.6. The molecule has 472 valence electrons. The summed E-state index contributed by atoms with van der Waals surface area (Å²) in [5.41, 5.74) is 0. The molecule has 0 aromatic heterocycles. The number of ether oxygens (including phenoxy) is 4. The molecule has 0 N–H and O–H groups in total. The van der Waals surface area contributed by atoms with Gasteiger partial charge in [-0.3, -0.25) is 9.59 Å². The molecule has 0 aliphatic heterocycles. The first-order valence-corrected chi connectivity index (χ1v) is 32.2. The summed E-state index contributed by atoms with van der Waals surface area (Å²) in [7, 11) is 5.88. The number of carbonyl (C=O) groups excluding carboxylic acids is 3. The second-order valence-corrected chi connectivity index (χ2v) is 21.6. The molecule has 0 rings (SSSR count). The van der Waals surface area contributed by atoms with E-state index in [0.29, 0.717) is 23.9 Å². The van der Waals surface area contributed by atoms with Crippen molar-refractivity contribution in [2.45, 2.75) is 206 Å². The van der Waals surface area contributed by atoms with E-state index in [1.54, 1.807) is 0 Å². The summed E-state index contributed by atoms with van der Waals surface area (Å²) in [5.74, 6) is -2.44. The van der Waals surface area contributed by atoms with Gasteiger partial charge in [-0.25, -0.2) is 0 Å². The lowest BCUT2D eigenvalue weighted by molar-refractivity contribution is -0.870. The minimum atomic E-state index is -1.66. The van der Waals surface area contributed by atoms with Crippen molar-refractivity contribution in [1.29, 1.82) is 0 Å². The van der Waals surface area contributed by atoms with Crippen molar-refractivity contribution in [2.75, 3.05) is 47.5 Å². The van der Waals surface area contributed by atoms with Crippen molar-refractivity contribution in [3.8, 4) is 0 Å². The normalized spacial score (nSPS) is 14.1. The fraction of sp³-hybridized carbons (Fsp3) is 0.513. The number of carboxylic acid groups (broad SMARTS) is 1. The first kappa shape index (κ1) is 78.9. The lowest BCUT2D eigenvalue weighted by Crippen LogP contribution is -2.44. The average Bonchev–Trinajstić information content (AvgIpc) is 3.49. The van der Waals surface area contributed by atoms with Gasteiger partial charge in [0.15, 0.2) is 12.4 Å². The van der Waals surface area contributed by atoms with E-state index in [4.69, 9.17) is 18.9 Å². The summed E-state index contributed by atoms with van der Waals surface area (Å²) in [6.07, 6.45) is 97.7. The van der Waals surface area contributed by atoms with Gasteiger partial charge in [-0.1, -0.05) is 253 Å². The van der Waals surface area contributed by atoms with E-state index in [-0.39, 0.29) is 32.7 Å². The van der Waals surface area contributed by atoms with Crippen LogP contribution in [0.1, 0.15) is 194 Å². The third-order valence-electron chi connectivity index (χ3n) is 12.5. The standard InChI is InChI=1S/C76H115NO8/c1-6-8-10-12-14-16-18-20-22-24-26-27-28-29-30-31-32-33-34-35-36-37-38-39-40-41-42-43-44-45-46-47-49-51-53-55-57-59-61-63-65-67-74(79)85-72(71-84-76(75(80)81)82-69-68-77(3,4)5)70-83-73(78)66-64-62-60-58-56-54-52-50-48-25-23-21-19-17-15-13-11-9-7-2/h8-11,14-17,20-23,26-27,29-30,32-33,35-36,38-39,41-42,44-45,47-50,54,56,60,62,72,76H,6-7,12-13,18-19,24-25,28,31,34,37,40,43,46,51-53,55,57-59,61,63-71H2,1-5H3/b10-8-,11-9-,16-14-,17-15-,22-20-,23-21-,27-26-,30-29-,33-32-,36-35-,39-38-,42-41-,45-44-,49-47-,50-48-,56-54-,62-60-. The van der Waals surface area contributed by atoms with Gasteiger partial charge in [0.05, 0.1) is 40.3 Å². The van der Waals surface area contributed by atoms with Gasteiger partial charge in [0.25, 0.3) is 0 Å². The Kier molecular flexibility index (Phi) is 59.3. The SMILES string of the molecule is CC/C=C\C/C=C\C/C=C\C/C=C\C/C=C\C/C=C\C/C=C\C/C=C\C/C=C\C/C=C\C/C=C\CCCCCCCCCC(=O)OC(COC(=O)CC/C=C\C/C=C\C/C=C\C/C=C\C/C=C\C/C=C\CC)COC(OCC[N+](C)(C)C)C(=O)[O-]. The first-order valence-electron chi connectivity index (χ1n) is 32.2. The maximum Gasteiger partial charge on any atom is 0.306 e. The van der Waals surface area contributed by atoms with Crippen molar-refractivity contribution < 1.29 is 42.9 Å². The van der Waals surface area contributed by atoms with E-state index in [9.17, 15) is 19.5 Å². The van der Waals surface area contributed by atoms with Gasteiger partial charge >= 0.3 is 11.9 Å². The lowest BCUT2D eigenvalue weighted by Gasteiger charge is -2.26. The maximum atomic E-state index is 12.9. The Hall–Kier alpha value is -6.13. The largest absolute Gasteiger partial charge is 0.545 e. The fourth-order valence-corrected chi connectivity index (χ4v) is 7.68. The van der Waals surface area contributed by atoms with Crippen LogP contribution < -0.4 is 5.11 Å². The quantitative estimate of drug-likeness (QED) is 0.0195. The number of rotatable bonds is 56. The van der Waals surface area contributed by atoms with E-state index < -0.39 is 30.3 Å². The molecule has 0 aliphatic rings. The number of unbranched alkanes of at least 4 members (excludes halogenated alkanes) is 7. The van der Waals surface area contributed by atoms with Crippen molar-refractivity contribution in [3.05, 3.63) is 207 Å². The van der Waals surface area contributed by atoms with Gasteiger partial charge in [-0.05, 0) is 135 Å². The number of hydrogen-bond donors (Lipinski definition) is 0. The molecular formula is C76H115NO8. The van der Waals surface area contributed by atoms with E-state index in [2.05, 4.69) is 208 Å². The van der Waals surface area contributed by atoms with Crippen LogP contribution in [0.25, 0.3) is 0 Å².